The molecule has 182 valence electrons. The first-order valence-electron chi connectivity index (χ1n) is 12.3. The van der Waals surface area contributed by atoms with Gasteiger partial charge >= 0.3 is 0 Å². The van der Waals surface area contributed by atoms with Crippen molar-refractivity contribution < 1.29 is 14.3 Å². The molecular formula is C30H34N2O3. The van der Waals surface area contributed by atoms with Crippen LogP contribution in [0.5, 0.6) is 5.75 Å². The maximum absolute atomic E-state index is 13.2. The number of terminal acetylenes is 1. The highest BCUT2D eigenvalue weighted by molar-refractivity contribution is 5.95. The number of fused-ring (bicyclic) bond motifs is 1. The van der Waals surface area contributed by atoms with Crippen LogP contribution in [0.1, 0.15) is 72.6 Å². The van der Waals surface area contributed by atoms with Crippen molar-refractivity contribution in [3.05, 3.63) is 76.9 Å². The number of rotatable bonds is 5. The molecule has 0 saturated heterocycles. The van der Waals surface area contributed by atoms with Crippen LogP contribution in [0.2, 0.25) is 0 Å². The minimum Gasteiger partial charge on any atom is -0.497 e. The smallest absolute Gasteiger partial charge is 0.298 e. The average molecular weight is 471 g/mol. The molecule has 1 heterocycles. The normalized spacial score (nSPS) is 23.7. The van der Waals surface area contributed by atoms with Gasteiger partial charge in [-0.2, -0.15) is 0 Å². The third-order valence-electron chi connectivity index (χ3n) is 7.47. The zero-order valence-corrected chi connectivity index (χ0v) is 20.9. The molecular weight excluding hydrogens is 436 g/mol. The zero-order valence-electron chi connectivity index (χ0n) is 20.9. The van der Waals surface area contributed by atoms with Gasteiger partial charge in [-0.25, -0.2) is 0 Å². The molecule has 1 N–H and O–H groups in total. The summed E-state index contributed by atoms with van der Waals surface area (Å²) >= 11 is 0. The summed E-state index contributed by atoms with van der Waals surface area (Å²) in [5.41, 5.74) is 4.63. The van der Waals surface area contributed by atoms with Crippen molar-refractivity contribution in [3.63, 3.8) is 0 Å². The van der Waals surface area contributed by atoms with E-state index < -0.39 is 0 Å². The van der Waals surface area contributed by atoms with Crippen molar-refractivity contribution in [2.24, 2.45) is 5.92 Å². The molecule has 35 heavy (non-hydrogen) atoms. The van der Waals surface area contributed by atoms with Gasteiger partial charge in [0, 0.05) is 17.6 Å². The minimum absolute atomic E-state index is 0.0781. The lowest BCUT2D eigenvalue weighted by Crippen LogP contribution is -2.51. The van der Waals surface area contributed by atoms with E-state index >= 15 is 0 Å². The van der Waals surface area contributed by atoms with E-state index in [1.54, 1.807) is 12.0 Å². The van der Waals surface area contributed by atoms with E-state index in [-0.39, 0.29) is 23.4 Å². The van der Waals surface area contributed by atoms with E-state index in [1.165, 1.54) is 5.57 Å². The first kappa shape index (κ1) is 24.6. The zero-order chi connectivity index (χ0) is 25.2. The lowest BCUT2D eigenvalue weighted by molar-refractivity contribution is -0.127. The highest BCUT2D eigenvalue weighted by atomic mass is 16.5. The first-order valence-corrected chi connectivity index (χ1v) is 12.3. The molecule has 2 unspecified atom stereocenters. The fourth-order valence-electron chi connectivity index (χ4n) is 5.83. The monoisotopic (exact) mass is 470 g/mol. The summed E-state index contributed by atoms with van der Waals surface area (Å²) in [7, 11) is 1.65. The number of hydrogen-bond donors (Lipinski definition) is 1. The van der Waals surface area contributed by atoms with Gasteiger partial charge < -0.3 is 15.0 Å². The Morgan fingerprint density at radius 2 is 2.00 bits per heavy atom. The molecule has 2 aromatic rings. The van der Waals surface area contributed by atoms with Gasteiger partial charge in [-0.05, 0) is 84.9 Å². The molecule has 0 aromatic heterocycles. The second kappa shape index (κ2) is 10.00. The van der Waals surface area contributed by atoms with Crippen LogP contribution in [0.4, 0.5) is 0 Å². The number of ether oxygens (including phenoxy) is 1. The summed E-state index contributed by atoms with van der Waals surface area (Å²) in [4.78, 5) is 27.5. The molecule has 3 atom stereocenters. The maximum Gasteiger partial charge on any atom is 0.298 e. The fraction of sp³-hybridized carbons (Fsp3) is 0.400. The molecule has 0 bridgehead atoms. The average Bonchev–Trinajstić information content (AvgIpc) is 2.86. The second-order valence-electron chi connectivity index (χ2n) is 10.0. The van der Waals surface area contributed by atoms with Crippen LogP contribution in [0.3, 0.4) is 0 Å². The molecule has 0 spiro atoms. The lowest BCUT2D eigenvalue weighted by atomic mass is 9.73. The van der Waals surface area contributed by atoms with Crippen molar-refractivity contribution in [1.29, 1.82) is 0 Å². The van der Waals surface area contributed by atoms with Crippen LogP contribution in [0.15, 0.2) is 54.6 Å². The number of nitrogens with zero attached hydrogens (tertiary/aromatic N) is 1. The quantitative estimate of drug-likeness (QED) is 0.491. The molecule has 2 aromatic carbocycles. The molecule has 1 fully saturated rings. The predicted molar refractivity (Wildman–Crippen MR) is 138 cm³/mol. The highest BCUT2D eigenvalue weighted by Gasteiger charge is 2.37. The summed E-state index contributed by atoms with van der Waals surface area (Å²) in [6.45, 7) is 9.07. The first-order chi connectivity index (χ1) is 16.8. The molecule has 4 rings (SSSR count). The molecule has 1 aliphatic carbocycles. The van der Waals surface area contributed by atoms with Gasteiger partial charge in [-0.15, -0.1) is 6.42 Å². The van der Waals surface area contributed by atoms with E-state index in [2.05, 4.69) is 31.7 Å². The Bertz CT molecular complexity index is 1180. The van der Waals surface area contributed by atoms with Crippen molar-refractivity contribution in [2.75, 3.05) is 13.7 Å². The lowest BCUT2D eigenvalue weighted by Gasteiger charge is -2.41. The number of methoxy groups -OCH3 is 1. The Hall–Kier alpha value is -3.52. The Morgan fingerprint density at radius 3 is 2.63 bits per heavy atom. The minimum atomic E-state index is -0.338. The molecule has 1 saturated carbocycles. The van der Waals surface area contributed by atoms with Crippen LogP contribution >= 0.6 is 0 Å². The Labute approximate surface area is 208 Å². The summed E-state index contributed by atoms with van der Waals surface area (Å²) in [5, 5.41) is 3.32. The molecule has 5 nitrogen and oxygen atoms in total. The van der Waals surface area contributed by atoms with Gasteiger partial charge in [0.2, 0.25) is 0 Å². The molecule has 1 aliphatic heterocycles. The Balaban J connectivity index is 1.61. The van der Waals surface area contributed by atoms with Crippen LogP contribution in [0, 0.1) is 18.3 Å². The Kier molecular flexibility index (Phi) is 7.03. The van der Waals surface area contributed by atoms with Crippen LogP contribution < -0.4 is 10.1 Å². The number of nitrogens with one attached hydrogen (secondary N) is 1. The third kappa shape index (κ3) is 4.98. The number of amides is 2. The van der Waals surface area contributed by atoms with E-state index in [4.69, 9.17) is 11.2 Å². The molecule has 2 aliphatic rings. The largest absolute Gasteiger partial charge is 0.497 e. The standard InChI is InChI=1S/C30H34N2O3/c1-6-27(33)32-15-14-24-17-25(35-5)12-13-26(24)28(32)22-8-10-23(11-9-22)29(34)31-30(7-2)18-20(3)16-21(4)19-30/h1,8-13,17,21,28H,3,7,14-16,18-19H2,2,4-5H3,(H,31,34)/t21?,28-,30?/m0/s1. The second-order valence-corrected chi connectivity index (χ2v) is 10.0. The third-order valence-corrected chi connectivity index (χ3v) is 7.47. The van der Waals surface area contributed by atoms with Crippen molar-refractivity contribution in [1.82, 2.24) is 10.2 Å². The van der Waals surface area contributed by atoms with Gasteiger partial charge in [0.1, 0.15) is 5.75 Å². The van der Waals surface area contributed by atoms with E-state index in [0.29, 0.717) is 24.4 Å². The molecule has 5 heteroatoms. The number of carbonyl (C=O) groups is 2. The van der Waals surface area contributed by atoms with Crippen LogP contribution in [-0.4, -0.2) is 35.9 Å². The van der Waals surface area contributed by atoms with Crippen molar-refractivity contribution >= 4 is 11.8 Å². The highest BCUT2D eigenvalue weighted by Crippen LogP contribution is 2.38. The number of benzene rings is 2. The van der Waals surface area contributed by atoms with Gasteiger partial charge in [0.25, 0.3) is 11.8 Å². The van der Waals surface area contributed by atoms with E-state index in [1.807, 2.05) is 42.5 Å². The number of hydrogen-bond acceptors (Lipinski definition) is 3. The fourth-order valence-corrected chi connectivity index (χ4v) is 5.83. The predicted octanol–water partition coefficient (Wildman–Crippen LogP) is 5.06. The molecule has 0 radical (unpaired) electrons. The van der Waals surface area contributed by atoms with Gasteiger partial charge in [0.15, 0.2) is 0 Å². The van der Waals surface area contributed by atoms with Gasteiger partial charge in [0.05, 0.1) is 13.2 Å². The van der Waals surface area contributed by atoms with Crippen molar-refractivity contribution in [2.45, 2.75) is 57.5 Å². The SMILES string of the molecule is C#CC(=O)N1CCc2cc(OC)ccc2[C@@H]1c1ccc(C(=O)NC2(CC)CC(=C)CC(C)C2)cc1. The summed E-state index contributed by atoms with van der Waals surface area (Å²) in [6, 6.07) is 13.1. The number of carbonyl (C=O) groups excluding carboxylic acids is 2. The van der Waals surface area contributed by atoms with E-state index in [9.17, 15) is 9.59 Å². The molecule has 2 amide bonds. The van der Waals surface area contributed by atoms with Crippen LogP contribution in [0.25, 0.3) is 0 Å². The van der Waals surface area contributed by atoms with E-state index in [0.717, 1.165) is 48.1 Å². The van der Waals surface area contributed by atoms with Crippen LogP contribution in [-0.2, 0) is 11.2 Å². The van der Waals surface area contributed by atoms with Crippen molar-refractivity contribution in [3.8, 4) is 18.1 Å². The summed E-state index contributed by atoms with van der Waals surface area (Å²) in [6.07, 6.45) is 9.86. The topological polar surface area (TPSA) is 58.6 Å². The summed E-state index contributed by atoms with van der Waals surface area (Å²) in [5.74, 6) is 3.15. The Morgan fingerprint density at radius 1 is 1.26 bits per heavy atom. The maximum atomic E-state index is 13.2. The van der Waals surface area contributed by atoms with Gasteiger partial charge in [-0.3, -0.25) is 9.59 Å². The van der Waals surface area contributed by atoms with Gasteiger partial charge in [-0.1, -0.05) is 44.2 Å². The summed E-state index contributed by atoms with van der Waals surface area (Å²) < 4.78 is 5.39.